The molecule has 2 atom stereocenters. The van der Waals surface area contributed by atoms with E-state index in [9.17, 15) is 9.59 Å². The van der Waals surface area contributed by atoms with E-state index in [2.05, 4.69) is 40.2 Å². The van der Waals surface area contributed by atoms with Crippen molar-refractivity contribution >= 4 is 12.2 Å². The molecule has 0 aromatic heterocycles. The van der Waals surface area contributed by atoms with Crippen molar-refractivity contribution in [1.82, 2.24) is 16.0 Å². The molecule has 0 radical (unpaired) electrons. The van der Waals surface area contributed by atoms with Crippen LogP contribution in [0.3, 0.4) is 0 Å². The van der Waals surface area contributed by atoms with Crippen LogP contribution in [0.2, 0.25) is 0 Å². The Morgan fingerprint density at radius 2 is 1.43 bits per heavy atom. The van der Waals surface area contributed by atoms with Gasteiger partial charge in [-0.2, -0.15) is 0 Å². The van der Waals surface area contributed by atoms with Crippen molar-refractivity contribution in [3.63, 3.8) is 0 Å². The number of carbonyl (C=O) groups is 2. The van der Waals surface area contributed by atoms with Crippen molar-refractivity contribution in [2.75, 3.05) is 6.54 Å². The summed E-state index contributed by atoms with van der Waals surface area (Å²) in [5.74, 6) is 0.0989. The Morgan fingerprint density at radius 3 is 1.90 bits per heavy atom. The Morgan fingerprint density at radius 1 is 0.867 bits per heavy atom. The first-order valence-electron chi connectivity index (χ1n) is 10.3. The summed E-state index contributed by atoms with van der Waals surface area (Å²) in [5, 5.41) is 26.4. The van der Waals surface area contributed by atoms with Crippen LogP contribution in [0.25, 0.3) is 0 Å². The average molecular weight is 414 g/mol. The average Bonchev–Trinajstić information content (AvgIpc) is 2.72. The maximum absolute atomic E-state index is 11.2. The Bertz CT molecular complexity index is 731. The van der Waals surface area contributed by atoms with E-state index in [1.807, 2.05) is 43.3 Å². The number of nitrogens with one attached hydrogen (secondary N) is 3. The molecule has 2 aromatic carbocycles. The lowest BCUT2D eigenvalue weighted by atomic mass is 9.85. The second-order valence-electron chi connectivity index (χ2n) is 7.28. The van der Waals surface area contributed by atoms with Gasteiger partial charge in [0.2, 0.25) is 0 Å². The standard InChI is InChI=1S/C23H31N3O4/c1-2-9-21(26-23(29)30)25-19(14-15-24-22(27)28)16-20(17-10-5-3-6-11-17)18-12-7-4-8-13-18/h3-8,10-13,19-21,24-26H,2,9,14-16H2,1H3,(H,27,28)(H,29,30)/t19?,21-/m1/s1. The number of hydrogen-bond donors (Lipinski definition) is 5. The van der Waals surface area contributed by atoms with Crippen molar-refractivity contribution in [3.05, 3.63) is 71.8 Å². The number of amides is 2. The minimum atomic E-state index is -1.08. The molecule has 7 heteroatoms. The van der Waals surface area contributed by atoms with Gasteiger partial charge in [-0.3, -0.25) is 5.32 Å². The Labute approximate surface area is 177 Å². The van der Waals surface area contributed by atoms with E-state index >= 15 is 0 Å². The van der Waals surface area contributed by atoms with E-state index in [0.29, 0.717) is 19.3 Å². The third-order valence-electron chi connectivity index (χ3n) is 5.01. The normalized spacial score (nSPS) is 12.9. The summed E-state index contributed by atoms with van der Waals surface area (Å²) in [5.41, 5.74) is 2.33. The predicted octanol–water partition coefficient (Wildman–Crippen LogP) is 4.22. The summed E-state index contributed by atoms with van der Waals surface area (Å²) < 4.78 is 0. The Balaban J connectivity index is 2.24. The zero-order chi connectivity index (χ0) is 21.8. The highest BCUT2D eigenvalue weighted by molar-refractivity contribution is 5.64. The third-order valence-corrected chi connectivity index (χ3v) is 5.01. The van der Waals surface area contributed by atoms with Crippen molar-refractivity contribution in [3.8, 4) is 0 Å². The number of hydrogen-bond acceptors (Lipinski definition) is 3. The minimum Gasteiger partial charge on any atom is -0.465 e. The third kappa shape index (κ3) is 8.13. The summed E-state index contributed by atoms with van der Waals surface area (Å²) in [4.78, 5) is 22.1. The van der Waals surface area contributed by atoms with Gasteiger partial charge in [-0.1, -0.05) is 74.0 Å². The van der Waals surface area contributed by atoms with Gasteiger partial charge in [0.05, 0.1) is 6.17 Å². The van der Waals surface area contributed by atoms with Gasteiger partial charge in [0.25, 0.3) is 0 Å². The molecule has 0 aliphatic rings. The molecular weight excluding hydrogens is 382 g/mol. The molecule has 0 fully saturated rings. The molecule has 0 bridgehead atoms. The van der Waals surface area contributed by atoms with E-state index in [1.165, 1.54) is 11.1 Å². The second-order valence-corrected chi connectivity index (χ2v) is 7.28. The van der Waals surface area contributed by atoms with Crippen molar-refractivity contribution < 1.29 is 19.8 Å². The predicted molar refractivity (Wildman–Crippen MR) is 117 cm³/mol. The molecule has 7 nitrogen and oxygen atoms in total. The molecule has 0 saturated heterocycles. The van der Waals surface area contributed by atoms with Gasteiger partial charge < -0.3 is 20.8 Å². The van der Waals surface area contributed by atoms with Crippen LogP contribution in [0.15, 0.2) is 60.7 Å². The highest BCUT2D eigenvalue weighted by Gasteiger charge is 2.23. The first kappa shape index (κ1) is 23.2. The molecule has 0 aliphatic carbocycles. The molecule has 162 valence electrons. The van der Waals surface area contributed by atoms with Crippen LogP contribution in [0, 0.1) is 0 Å². The Kier molecular flexibility index (Phi) is 9.67. The molecule has 30 heavy (non-hydrogen) atoms. The van der Waals surface area contributed by atoms with E-state index in [0.717, 1.165) is 6.42 Å². The molecule has 2 rings (SSSR count). The largest absolute Gasteiger partial charge is 0.465 e. The summed E-state index contributed by atoms with van der Waals surface area (Å²) in [6.07, 6.45) is 0.182. The molecule has 0 heterocycles. The lowest BCUT2D eigenvalue weighted by Crippen LogP contribution is -2.50. The molecule has 2 aromatic rings. The quantitative estimate of drug-likeness (QED) is 0.335. The highest BCUT2D eigenvalue weighted by atomic mass is 16.4. The molecule has 0 saturated carbocycles. The fourth-order valence-corrected chi connectivity index (χ4v) is 3.66. The van der Waals surface area contributed by atoms with E-state index in [-0.39, 0.29) is 18.5 Å². The minimum absolute atomic E-state index is 0.0920. The van der Waals surface area contributed by atoms with Gasteiger partial charge in [-0.05, 0) is 30.4 Å². The summed E-state index contributed by atoms with van der Waals surface area (Å²) in [6, 6.07) is 20.2. The zero-order valence-electron chi connectivity index (χ0n) is 17.3. The fourth-order valence-electron chi connectivity index (χ4n) is 3.66. The van der Waals surface area contributed by atoms with Crippen LogP contribution >= 0.6 is 0 Å². The van der Waals surface area contributed by atoms with E-state index < -0.39 is 18.4 Å². The van der Waals surface area contributed by atoms with Gasteiger partial charge in [-0.25, -0.2) is 9.59 Å². The summed E-state index contributed by atoms with van der Waals surface area (Å²) in [7, 11) is 0. The van der Waals surface area contributed by atoms with E-state index in [4.69, 9.17) is 10.2 Å². The second kappa shape index (κ2) is 12.5. The van der Waals surface area contributed by atoms with Crippen LogP contribution in [0.1, 0.15) is 49.7 Å². The monoisotopic (exact) mass is 413 g/mol. The van der Waals surface area contributed by atoms with Gasteiger partial charge in [0, 0.05) is 18.5 Å². The molecule has 5 N–H and O–H groups in total. The number of carboxylic acid groups (broad SMARTS) is 2. The van der Waals surface area contributed by atoms with Gasteiger partial charge >= 0.3 is 12.2 Å². The summed E-state index contributed by atoms with van der Waals surface area (Å²) >= 11 is 0. The number of rotatable bonds is 12. The first-order chi connectivity index (χ1) is 14.5. The van der Waals surface area contributed by atoms with Gasteiger partial charge in [0.1, 0.15) is 0 Å². The van der Waals surface area contributed by atoms with Crippen LogP contribution < -0.4 is 16.0 Å². The van der Waals surface area contributed by atoms with Gasteiger partial charge in [-0.15, -0.1) is 0 Å². The van der Waals surface area contributed by atoms with E-state index in [1.54, 1.807) is 0 Å². The lowest BCUT2D eigenvalue weighted by molar-refractivity contribution is 0.183. The fraction of sp³-hybridized carbons (Fsp3) is 0.391. The molecule has 0 aliphatic heterocycles. The molecule has 0 spiro atoms. The van der Waals surface area contributed by atoms with Crippen molar-refractivity contribution in [2.45, 2.75) is 50.7 Å². The smallest absolute Gasteiger partial charge is 0.405 e. The Hall–Kier alpha value is -3.06. The highest BCUT2D eigenvalue weighted by Crippen LogP contribution is 2.30. The zero-order valence-corrected chi connectivity index (χ0v) is 17.3. The molecule has 2 amide bonds. The topological polar surface area (TPSA) is 111 Å². The molecular formula is C23H31N3O4. The summed E-state index contributed by atoms with van der Waals surface area (Å²) in [6.45, 7) is 2.28. The van der Waals surface area contributed by atoms with Gasteiger partial charge in [0.15, 0.2) is 0 Å². The number of benzene rings is 2. The maximum atomic E-state index is 11.2. The maximum Gasteiger partial charge on any atom is 0.405 e. The first-order valence-corrected chi connectivity index (χ1v) is 10.3. The van der Waals surface area contributed by atoms with Crippen LogP contribution in [0.4, 0.5) is 9.59 Å². The van der Waals surface area contributed by atoms with Crippen LogP contribution in [0.5, 0.6) is 0 Å². The van der Waals surface area contributed by atoms with Crippen LogP contribution in [-0.2, 0) is 0 Å². The SMILES string of the molecule is CCC[C@@H](NC(=O)O)NC(CCNC(=O)O)CC(c1ccccc1)c1ccccc1. The van der Waals surface area contributed by atoms with Crippen molar-refractivity contribution in [1.29, 1.82) is 0 Å². The van der Waals surface area contributed by atoms with Crippen LogP contribution in [-0.4, -0.2) is 41.2 Å². The molecule has 1 unspecified atom stereocenters. The lowest BCUT2D eigenvalue weighted by Gasteiger charge is -2.29. The van der Waals surface area contributed by atoms with Crippen molar-refractivity contribution in [2.24, 2.45) is 0 Å².